The Bertz CT molecular complexity index is 897. The Morgan fingerprint density at radius 3 is 2.45 bits per heavy atom. The van der Waals surface area contributed by atoms with Crippen LogP contribution in [-0.2, 0) is 17.5 Å². The van der Waals surface area contributed by atoms with E-state index in [-0.39, 0.29) is 5.91 Å². The van der Waals surface area contributed by atoms with E-state index in [1.165, 1.54) is 6.07 Å². The number of amides is 1. The SMILES string of the molecule is O=C1CCCN1CC(NCc1cnc(N2CCCC2)nc1)c1cccc(C(F)(F)F)c1. The lowest BCUT2D eigenvalue weighted by molar-refractivity contribution is -0.137. The zero-order chi connectivity index (χ0) is 21.8. The Kier molecular flexibility index (Phi) is 6.41. The van der Waals surface area contributed by atoms with Gasteiger partial charge in [-0.1, -0.05) is 12.1 Å². The minimum absolute atomic E-state index is 0.0390. The summed E-state index contributed by atoms with van der Waals surface area (Å²) in [5.41, 5.74) is 0.652. The third-order valence-electron chi connectivity index (χ3n) is 5.82. The Balaban J connectivity index is 1.48. The molecule has 0 bridgehead atoms. The maximum absolute atomic E-state index is 13.2. The summed E-state index contributed by atoms with van der Waals surface area (Å²) in [7, 11) is 0. The summed E-state index contributed by atoms with van der Waals surface area (Å²) in [6.45, 7) is 3.26. The first-order chi connectivity index (χ1) is 14.9. The molecule has 1 N–H and O–H groups in total. The van der Waals surface area contributed by atoms with Crippen LogP contribution in [0.1, 0.15) is 48.4 Å². The van der Waals surface area contributed by atoms with E-state index < -0.39 is 17.8 Å². The first-order valence-electron chi connectivity index (χ1n) is 10.6. The van der Waals surface area contributed by atoms with Gasteiger partial charge in [0.05, 0.1) is 11.6 Å². The summed E-state index contributed by atoms with van der Waals surface area (Å²) < 4.78 is 39.6. The minimum Gasteiger partial charge on any atom is -0.341 e. The van der Waals surface area contributed by atoms with Gasteiger partial charge >= 0.3 is 6.18 Å². The van der Waals surface area contributed by atoms with Crippen LogP contribution >= 0.6 is 0 Å². The van der Waals surface area contributed by atoms with E-state index in [2.05, 4.69) is 20.2 Å². The standard InChI is InChI=1S/C22H26F3N5O/c23-22(24,25)18-6-3-5-17(11-18)19(15-30-10-4-7-20(30)31)26-12-16-13-27-21(28-14-16)29-8-1-2-9-29/h3,5-6,11,13-14,19,26H,1-2,4,7-10,12,15H2. The molecule has 6 nitrogen and oxygen atoms in total. The Labute approximate surface area is 179 Å². The molecule has 9 heteroatoms. The van der Waals surface area contributed by atoms with Crippen molar-refractivity contribution in [2.75, 3.05) is 31.1 Å². The molecule has 2 saturated heterocycles. The lowest BCUT2D eigenvalue weighted by Gasteiger charge is -2.26. The molecule has 2 aromatic rings. The van der Waals surface area contributed by atoms with Crippen molar-refractivity contribution in [2.45, 2.75) is 44.4 Å². The molecule has 1 unspecified atom stereocenters. The van der Waals surface area contributed by atoms with Crippen LogP contribution in [0.3, 0.4) is 0 Å². The number of aromatic nitrogens is 2. The number of nitrogens with one attached hydrogen (secondary N) is 1. The molecular weight excluding hydrogens is 407 g/mol. The van der Waals surface area contributed by atoms with Crippen molar-refractivity contribution in [2.24, 2.45) is 0 Å². The molecule has 1 aromatic heterocycles. The van der Waals surface area contributed by atoms with Gasteiger partial charge in [0.1, 0.15) is 0 Å². The molecule has 0 aliphatic carbocycles. The van der Waals surface area contributed by atoms with Crippen LogP contribution in [0.2, 0.25) is 0 Å². The van der Waals surface area contributed by atoms with Crippen molar-refractivity contribution in [3.63, 3.8) is 0 Å². The summed E-state index contributed by atoms with van der Waals surface area (Å²) in [5.74, 6) is 0.746. The maximum atomic E-state index is 13.2. The Morgan fingerprint density at radius 1 is 1.06 bits per heavy atom. The number of carbonyl (C=O) groups is 1. The van der Waals surface area contributed by atoms with Crippen molar-refractivity contribution in [1.29, 1.82) is 0 Å². The first kappa shape index (κ1) is 21.5. The molecule has 1 amide bonds. The summed E-state index contributed by atoms with van der Waals surface area (Å²) >= 11 is 0. The lowest BCUT2D eigenvalue weighted by Crippen LogP contribution is -2.36. The number of hydrogen-bond donors (Lipinski definition) is 1. The molecule has 166 valence electrons. The fourth-order valence-electron chi connectivity index (χ4n) is 4.10. The number of alkyl halides is 3. The molecule has 3 heterocycles. The molecule has 1 atom stereocenters. The summed E-state index contributed by atoms with van der Waals surface area (Å²) in [6.07, 6.45) is 2.63. The number of halogens is 3. The van der Waals surface area contributed by atoms with E-state index >= 15 is 0 Å². The van der Waals surface area contributed by atoms with Gasteiger partial charge in [-0.05, 0) is 37.0 Å². The average molecular weight is 433 g/mol. The van der Waals surface area contributed by atoms with Gasteiger partial charge in [0.2, 0.25) is 11.9 Å². The van der Waals surface area contributed by atoms with Crippen LogP contribution in [0.15, 0.2) is 36.7 Å². The first-order valence-corrected chi connectivity index (χ1v) is 10.6. The van der Waals surface area contributed by atoms with Crippen LogP contribution in [0.4, 0.5) is 19.1 Å². The number of benzene rings is 1. The largest absolute Gasteiger partial charge is 0.416 e. The summed E-state index contributed by atoms with van der Waals surface area (Å²) in [6, 6.07) is 4.87. The van der Waals surface area contributed by atoms with Crippen molar-refractivity contribution in [3.05, 3.63) is 53.3 Å². The normalized spacial score (nSPS) is 18.1. The van der Waals surface area contributed by atoms with Gasteiger partial charge in [0.15, 0.2) is 0 Å². The molecule has 2 fully saturated rings. The second kappa shape index (κ2) is 9.21. The van der Waals surface area contributed by atoms with Gasteiger partial charge in [0.25, 0.3) is 0 Å². The number of likely N-dealkylation sites (tertiary alicyclic amines) is 1. The number of rotatable bonds is 7. The number of anilines is 1. The second-order valence-corrected chi connectivity index (χ2v) is 8.09. The average Bonchev–Trinajstić information content (AvgIpc) is 3.43. The highest BCUT2D eigenvalue weighted by atomic mass is 19.4. The Morgan fingerprint density at radius 2 is 1.81 bits per heavy atom. The second-order valence-electron chi connectivity index (χ2n) is 8.09. The Hall–Kier alpha value is -2.68. The van der Waals surface area contributed by atoms with Crippen molar-refractivity contribution >= 4 is 11.9 Å². The van der Waals surface area contributed by atoms with E-state index in [4.69, 9.17) is 0 Å². The molecule has 2 aliphatic heterocycles. The monoisotopic (exact) mass is 433 g/mol. The minimum atomic E-state index is -4.41. The third-order valence-corrected chi connectivity index (χ3v) is 5.82. The van der Waals surface area contributed by atoms with Gasteiger partial charge in [-0.3, -0.25) is 4.79 Å². The van der Waals surface area contributed by atoms with Crippen LogP contribution < -0.4 is 10.2 Å². The smallest absolute Gasteiger partial charge is 0.341 e. The van der Waals surface area contributed by atoms with E-state index in [9.17, 15) is 18.0 Å². The van der Waals surface area contributed by atoms with Gasteiger partial charge in [-0.2, -0.15) is 13.2 Å². The molecule has 1 aromatic carbocycles. The predicted molar refractivity (Wildman–Crippen MR) is 110 cm³/mol. The van der Waals surface area contributed by atoms with Crippen LogP contribution in [0, 0.1) is 0 Å². The molecule has 4 rings (SSSR count). The van der Waals surface area contributed by atoms with Gasteiger partial charge < -0.3 is 15.1 Å². The fraction of sp³-hybridized carbons (Fsp3) is 0.500. The third kappa shape index (κ3) is 5.33. The summed E-state index contributed by atoms with van der Waals surface area (Å²) in [4.78, 5) is 24.8. The molecule has 2 aliphatic rings. The quantitative estimate of drug-likeness (QED) is 0.724. The number of carbonyl (C=O) groups excluding carboxylic acids is 1. The van der Waals surface area contributed by atoms with Crippen molar-refractivity contribution < 1.29 is 18.0 Å². The van der Waals surface area contributed by atoms with E-state index in [1.54, 1.807) is 23.4 Å². The van der Waals surface area contributed by atoms with Gasteiger partial charge in [-0.25, -0.2) is 9.97 Å². The molecule has 31 heavy (non-hydrogen) atoms. The van der Waals surface area contributed by atoms with Crippen LogP contribution in [0.25, 0.3) is 0 Å². The lowest BCUT2D eigenvalue weighted by atomic mass is 10.0. The summed E-state index contributed by atoms with van der Waals surface area (Å²) in [5, 5.41) is 3.31. The van der Waals surface area contributed by atoms with Crippen molar-refractivity contribution in [1.82, 2.24) is 20.2 Å². The van der Waals surface area contributed by atoms with E-state index in [0.29, 0.717) is 37.6 Å². The highest BCUT2D eigenvalue weighted by molar-refractivity contribution is 5.78. The van der Waals surface area contributed by atoms with Crippen LogP contribution in [0.5, 0.6) is 0 Å². The zero-order valence-corrected chi connectivity index (χ0v) is 17.2. The molecule has 0 saturated carbocycles. The van der Waals surface area contributed by atoms with Gasteiger partial charge in [0, 0.05) is 57.1 Å². The van der Waals surface area contributed by atoms with E-state index in [1.807, 2.05) is 0 Å². The molecule has 0 spiro atoms. The highest BCUT2D eigenvalue weighted by Gasteiger charge is 2.31. The van der Waals surface area contributed by atoms with Crippen LogP contribution in [-0.4, -0.2) is 47.0 Å². The maximum Gasteiger partial charge on any atom is 0.416 e. The zero-order valence-electron chi connectivity index (χ0n) is 17.2. The van der Waals surface area contributed by atoms with Gasteiger partial charge in [-0.15, -0.1) is 0 Å². The molecular formula is C22H26F3N5O. The number of nitrogens with zero attached hydrogens (tertiary/aromatic N) is 4. The topological polar surface area (TPSA) is 61.4 Å². The van der Waals surface area contributed by atoms with E-state index in [0.717, 1.165) is 50.0 Å². The fourth-order valence-corrected chi connectivity index (χ4v) is 4.10. The predicted octanol–water partition coefficient (Wildman–Crippen LogP) is 3.55. The number of hydrogen-bond acceptors (Lipinski definition) is 5. The van der Waals surface area contributed by atoms with Crippen molar-refractivity contribution in [3.8, 4) is 0 Å². The molecule has 0 radical (unpaired) electrons. The highest BCUT2D eigenvalue weighted by Crippen LogP contribution is 2.31.